The van der Waals surface area contributed by atoms with Crippen LogP contribution in [0.25, 0.3) is 21.8 Å². The van der Waals surface area contributed by atoms with Crippen molar-refractivity contribution in [1.29, 1.82) is 0 Å². The van der Waals surface area contributed by atoms with Crippen LogP contribution in [0.5, 0.6) is 0 Å². The van der Waals surface area contributed by atoms with E-state index in [4.69, 9.17) is 18.3 Å². The van der Waals surface area contributed by atoms with Gasteiger partial charge in [0.05, 0.1) is 24.3 Å². The number of nitrogens with two attached hydrogens (primary N) is 1. The summed E-state index contributed by atoms with van der Waals surface area (Å²) in [6.45, 7) is 2.28. The van der Waals surface area contributed by atoms with Gasteiger partial charge >= 0.3 is 0 Å². The average Bonchev–Trinajstić information content (AvgIpc) is 2.98. The van der Waals surface area contributed by atoms with E-state index in [-0.39, 0.29) is 5.91 Å². The average molecular weight is 333 g/mol. The zero-order valence-corrected chi connectivity index (χ0v) is 13.5. The third-order valence-electron chi connectivity index (χ3n) is 4.54. The van der Waals surface area contributed by atoms with Gasteiger partial charge in [0.2, 0.25) is 0 Å². The topological polar surface area (TPSA) is 88.4 Å². The summed E-state index contributed by atoms with van der Waals surface area (Å²) in [5, 5.41) is 1.62. The van der Waals surface area contributed by atoms with Crippen molar-refractivity contribution in [3.8, 4) is 0 Å². The van der Waals surface area contributed by atoms with Crippen molar-refractivity contribution >= 4 is 46.9 Å². The minimum Gasteiger partial charge on any atom is -0.378 e. The zero-order chi connectivity index (χ0) is 17.6. The third-order valence-corrected chi connectivity index (χ3v) is 4.54. The molecular weight excluding hydrogens is 317 g/mol. The number of carbonyl (C=O) groups is 2. The van der Waals surface area contributed by atoms with Gasteiger partial charge in [0, 0.05) is 34.9 Å². The van der Waals surface area contributed by atoms with E-state index in [1.54, 1.807) is 23.1 Å². The van der Waals surface area contributed by atoms with E-state index < -0.39 is 5.91 Å². The predicted octanol–water partition coefficient (Wildman–Crippen LogP) is 0.686. The van der Waals surface area contributed by atoms with Gasteiger partial charge in [-0.15, -0.1) is 0 Å². The number of amides is 2. The number of aromatic nitrogens is 1. The highest BCUT2D eigenvalue weighted by Gasteiger charge is 2.20. The second kappa shape index (κ2) is 5.93. The van der Waals surface area contributed by atoms with Gasteiger partial charge in [0.15, 0.2) is 0 Å². The number of hydrogen-bond donors (Lipinski definition) is 2. The Labute approximate surface area is 145 Å². The molecule has 25 heavy (non-hydrogen) atoms. The minimum atomic E-state index is -0.548. The van der Waals surface area contributed by atoms with Gasteiger partial charge in [0.1, 0.15) is 7.85 Å². The van der Waals surface area contributed by atoms with Crippen molar-refractivity contribution < 1.29 is 14.3 Å². The predicted molar refractivity (Wildman–Crippen MR) is 96.4 cm³/mol. The van der Waals surface area contributed by atoms with Crippen LogP contribution in [-0.2, 0) is 4.74 Å². The van der Waals surface area contributed by atoms with E-state index in [2.05, 4.69) is 4.98 Å². The number of rotatable bonds is 2. The number of aromatic amines is 1. The van der Waals surface area contributed by atoms with Gasteiger partial charge in [-0.3, -0.25) is 9.59 Å². The minimum absolute atomic E-state index is 0.0291. The Morgan fingerprint density at radius 3 is 2.60 bits per heavy atom. The summed E-state index contributed by atoms with van der Waals surface area (Å²) in [5.74, 6) is -0.577. The van der Waals surface area contributed by atoms with E-state index in [0.717, 1.165) is 16.3 Å². The molecule has 3 aromatic rings. The molecule has 2 aromatic carbocycles. The quantitative estimate of drug-likeness (QED) is 0.676. The van der Waals surface area contributed by atoms with Gasteiger partial charge in [0.25, 0.3) is 11.8 Å². The lowest BCUT2D eigenvalue weighted by molar-refractivity contribution is 0.0303. The fraction of sp³-hybridized carbons (Fsp3) is 0.222. The molecule has 0 unspecified atom stereocenters. The van der Waals surface area contributed by atoms with Crippen LogP contribution in [0, 0.1) is 0 Å². The monoisotopic (exact) mass is 333 g/mol. The summed E-state index contributed by atoms with van der Waals surface area (Å²) in [6.07, 6.45) is 0. The number of primary amides is 1. The molecule has 1 saturated heterocycles. The van der Waals surface area contributed by atoms with Gasteiger partial charge in [-0.05, 0) is 18.2 Å². The molecule has 124 valence electrons. The SMILES string of the molecule is [B]c1cc(C(N)=O)c2[nH]c3ccc(C(=O)N4CCOCC4)cc3c2c1. The van der Waals surface area contributed by atoms with Gasteiger partial charge < -0.3 is 20.4 Å². The Balaban J connectivity index is 1.86. The Kier molecular flexibility index (Phi) is 3.73. The molecule has 6 nitrogen and oxygen atoms in total. The van der Waals surface area contributed by atoms with Crippen LogP contribution in [0.15, 0.2) is 30.3 Å². The number of H-pyrrole nitrogens is 1. The zero-order valence-electron chi connectivity index (χ0n) is 13.5. The Bertz CT molecular complexity index is 1010. The van der Waals surface area contributed by atoms with Gasteiger partial charge in [-0.2, -0.15) is 0 Å². The maximum atomic E-state index is 12.7. The van der Waals surface area contributed by atoms with Crippen molar-refractivity contribution in [2.45, 2.75) is 0 Å². The summed E-state index contributed by atoms with van der Waals surface area (Å²) in [6, 6.07) is 8.78. The standard InChI is InChI=1S/C18H16BN3O3/c19-11-8-13-12-7-10(18(24)22-3-5-25-6-4-22)1-2-15(12)21-16(13)14(9-11)17(20)23/h1-2,7-9,21H,3-6H2,(H2,20,23). The maximum absolute atomic E-state index is 12.7. The van der Waals surface area contributed by atoms with Crippen molar-refractivity contribution in [3.63, 3.8) is 0 Å². The molecule has 0 atom stereocenters. The first-order chi connectivity index (χ1) is 12.0. The Hall–Kier alpha value is -2.80. The number of ether oxygens (including phenoxy) is 1. The van der Waals surface area contributed by atoms with Crippen molar-refractivity contribution in [2.24, 2.45) is 5.73 Å². The molecule has 0 aliphatic carbocycles. The van der Waals surface area contributed by atoms with Crippen LogP contribution in [0.2, 0.25) is 0 Å². The molecular formula is C18H16BN3O3. The van der Waals surface area contributed by atoms with E-state index in [1.807, 2.05) is 12.1 Å². The van der Waals surface area contributed by atoms with E-state index in [9.17, 15) is 9.59 Å². The molecule has 3 N–H and O–H groups in total. The molecule has 0 spiro atoms. The van der Waals surface area contributed by atoms with Crippen molar-refractivity contribution in [3.05, 3.63) is 41.5 Å². The molecule has 2 amide bonds. The highest BCUT2D eigenvalue weighted by molar-refractivity contribution is 6.35. The second-order valence-corrected chi connectivity index (χ2v) is 6.15. The smallest absolute Gasteiger partial charge is 0.254 e. The lowest BCUT2D eigenvalue weighted by Crippen LogP contribution is -2.40. The largest absolute Gasteiger partial charge is 0.378 e. The van der Waals surface area contributed by atoms with Crippen LogP contribution in [0.4, 0.5) is 0 Å². The fourth-order valence-electron chi connectivity index (χ4n) is 3.30. The number of nitrogens with zero attached hydrogens (tertiary/aromatic N) is 1. The van der Waals surface area contributed by atoms with E-state index in [1.165, 1.54) is 0 Å². The summed E-state index contributed by atoms with van der Waals surface area (Å²) in [4.78, 5) is 29.4. The van der Waals surface area contributed by atoms with E-state index in [0.29, 0.717) is 48.4 Å². The summed E-state index contributed by atoms with van der Waals surface area (Å²) in [7, 11) is 5.92. The van der Waals surface area contributed by atoms with Crippen molar-refractivity contribution in [1.82, 2.24) is 9.88 Å². The van der Waals surface area contributed by atoms with Crippen LogP contribution in [0.1, 0.15) is 20.7 Å². The number of carbonyl (C=O) groups excluding carboxylic acids is 2. The number of morpholine rings is 1. The molecule has 1 aliphatic heterocycles. The van der Waals surface area contributed by atoms with Gasteiger partial charge in [-0.25, -0.2) is 0 Å². The summed E-state index contributed by atoms with van der Waals surface area (Å²) in [5.41, 5.74) is 8.30. The van der Waals surface area contributed by atoms with Gasteiger partial charge in [-0.1, -0.05) is 17.6 Å². The molecule has 0 saturated carbocycles. The molecule has 2 radical (unpaired) electrons. The Morgan fingerprint density at radius 2 is 1.88 bits per heavy atom. The van der Waals surface area contributed by atoms with Crippen LogP contribution in [-0.4, -0.2) is 55.8 Å². The normalized spacial score (nSPS) is 15.0. The molecule has 4 rings (SSSR count). The van der Waals surface area contributed by atoms with E-state index >= 15 is 0 Å². The number of benzene rings is 2. The molecule has 1 aliphatic rings. The van der Waals surface area contributed by atoms with Crippen LogP contribution in [0.3, 0.4) is 0 Å². The lowest BCUT2D eigenvalue weighted by Gasteiger charge is -2.26. The van der Waals surface area contributed by atoms with Crippen molar-refractivity contribution in [2.75, 3.05) is 26.3 Å². The first kappa shape index (κ1) is 15.7. The molecule has 7 heteroatoms. The number of nitrogens with one attached hydrogen (secondary N) is 1. The Morgan fingerprint density at radius 1 is 1.12 bits per heavy atom. The fourth-order valence-corrected chi connectivity index (χ4v) is 3.30. The third kappa shape index (κ3) is 2.66. The lowest BCUT2D eigenvalue weighted by atomic mass is 9.91. The van der Waals surface area contributed by atoms with Crippen LogP contribution >= 0.6 is 0 Å². The summed E-state index contributed by atoms with van der Waals surface area (Å²) < 4.78 is 5.29. The molecule has 1 aromatic heterocycles. The molecule has 0 bridgehead atoms. The maximum Gasteiger partial charge on any atom is 0.254 e. The highest BCUT2D eigenvalue weighted by Crippen LogP contribution is 2.28. The molecule has 1 fully saturated rings. The number of hydrogen-bond acceptors (Lipinski definition) is 3. The first-order valence-electron chi connectivity index (χ1n) is 8.06. The first-order valence-corrected chi connectivity index (χ1v) is 8.06. The molecule has 2 heterocycles. The second-order valence-electron chi connectivity index (χ2n) is 6.15. The van der Waals surface area contributed by atoms with Crippen LogP contribution < -0.4 is 11.2 Å². The number of fused-ring (bicyclic) bond motifs is 3. The summed E-state index contributed by atoms with van der Waals surface area (Å²) >= 11 is 0. The highest BCUT2D eigenvalue weighted by atomic mass is 16.5.